The van der Waals surface area contributed by atoms with Gasteiger partial charge in [-0.05, 0) is 68.9 Å². The summed E-state index contributed by atoms with van der Waals surface area (Å²) in [7, 11) is 1.25. The number of hydrogen-bond acceptors (Lipinski definition) is 13. The fourth-order valence-electron chi connectivity index (χ4n) is 8.29. The largest absolute Gasteiger partial charge is 0.488 e. The second kappa shape index (κ2) is 16.6. The summed E-state index contributed by atoms with van der Waals surface area (Å²) >= 11 is 8.26. The van der Waals surface area contributed by atoms with E-state index in [4.69, 9.17) is 40.5 Å². The zero-order valence-corrected chi connectivity index (χ0v) is 35.6. The van der Waals surface area contributed by atoms with Gasteiger partial charge in [0.1, 0.15) is 58.7 Å². The number of anilines is 1. The first-order chi connectivity index (χ1) is 28.0. The first kappa shape index (κ1) is 42.2. The quantitative estimate of drug-likeness (QED) is 0.0931. The number of halogens is 1. The summed E-state index contributed by atoms with van der Waals surface area (Å²) in [5.74, 6) is -0.265. The molecule has 59 heavy (non-hydrogen) atoms. The van der Waals surface area contributed by atoms with Crippen molar-refractivity contribution < 1.29 is 42.9 Å². The number of likely N-dealkylation sites (tertiary alicyclic amines) is 1. The Labute approximate surface area is 351 Å². The Bertz CT molecular complexity index is 2150. The molecule has 4 unspecified atom stereocenters. The van der Waals surface area contributed by atoms with Crippen LogP contribution in [0.2, 0.25) is 5.02 Å². The lowest BCUT2D eigenvalue weighted by molar-refractivity contribution is -0.148. The maximum absolute atomic E-state index is 14.8. The minimum atomic E-state index is -1.32. The molecule has 4 aliphatic rings. The maximum Gasteiger partial charge on any atom is 0.408 e. The molecule has 17 heteroatoms. The van der Waals surface area contributed by atoms with E-state index in [0.717, 1.165) is 12.8 Å². The van der Waals surface area contributed by atoms with Crippen LogP contribution < -0.4 is 25.4 Å². The lowest BCUT2D eigenvalue weighted by Crippen LogP contribution is -2.59. The molecule has 3 amide bonds. The lowest BCUT2D eigenvalue weighted by Gasteiger charge is -2.35. The minimum Gasteiger partial charge on any atom is -0.488 e. The van der Waals surface area contributed by atoms with E-state index in [2.05, 4.69) is 22.5 Å². The van der Waals surface area contributed by atoms with E-state index in [1.165, 1.54) is 29.8 Å². The van der Waals surface area contributed by atoms with Crippen LogP contribution in [-0.2, 0) is 28.7 Å². The van der Waals surface area contributed by atoms with E-state index in [9.17, 15) is 24.0 Å². The standard InChI is InChI=1S/C42H51ClN6O9S/c1-8-24-18-42(24,38(53)55-7)48-36(51)30-16-26(19-49(30)37(52)35(41(4,5)6)47-40(54)58-25-14-22-13-23(22)15-25)57-32-17-28(29-20-59-39(46-29)44-21(2)3)45-34-27(32)9-10-31(33(34)43)56-12-11-50/h8-11,17,20-26,30,35H,1,12-16,18-19H2,2-7H3,(H,44,46)(H,47,54)(H,48,51)/t22-,23?,24+,25?,26?,30-,35+,42?/m0/s1. The number of fused-ring (bicyclic) bond motifs is 2. The minimum absolute atomic E-state index is 0.0340. The number of pyridine rings is 1. The summed E-state index contributed by atoms with van der Waals surface area (Å²) in [4.78, 5) is 77.5. The molecule has 1 aliphatic heterocycles. The Morgan fingerprint density at radius 2 is 1.81 bits per heavy atom. The second-order valence-corrected chi connectivity index (χ2v) is 18.5. The zero-order chi connectivity index (χ0) is 42.4. The molecule has 3 aromatic rings. The number of aromatic nitrogens is 2. The molecule has 8 atom stereocenters. The van der Waals surface area contributed by atoms with E-state index < -0.39 is 53.0 Å². The number of rotatable bonds is 15. The number of hydrogen-bond donors (Lipinski definition) is 3. The van der Waals surface area contributed by atoms with Crippen LogP contribution in [0, 0.1) is 23.2 Å². The first-order valence-corrected chi connectivity index (χ1v) is 21.2. The van der Waals surface area contributed by atoms with Crippen LogP contribution >= 0.6 is 22.9 Å². The van der Waals surface area contributed by atoms with E-state index in [1.54, 1.807) is 24.3 Å². The van der Waals surface area contributed by atoms with Gasteiger partial charge in [0.25, 0.3) is 0 Å². The molecule has 0 radical (unpaired) electrons. The number of carbonyl (C=O) groups is 5. The average Bonchev–Trinajstić information content (AvgIpc) is 3.85. The third-order valence-electron chi connectivity index (χ3n) is 11.5. The van der Waals surface area contributed by atoms with Crippen LogP contribution in [0.3, 0.4) is 0 Å². The van der Waals surface area contributed by atoms with Crippen LogP contribution in [0.5, 0.6) is 11.5 Å². The van der Waals surface area contributed by atoms with Crippen molar-refractivity contribution in [3.63, 3.8) is 0 Å². The van der Waals surface area contributed by atoms with E-state index in [-0.39, 0.29) is 48.4 Å². The topological polar surface area (TPSA) is 187 Å². The van der Waals surface area contributed by atoms with Crippen molar-refractivity contribution >= 4 is 69.1 Å². The second-order valence-electron chi connectivity index (χ2n) is 17.3. The first-order valence-electron chi connectivity index (χ1n) is 19.9. The molecule has 0 bridgehead atoms. The highest BCUT2D eigenvalue weighted by Crippen LogP contribution is 2.52. The van der Waals surface area contributed by atoms with Gasteiger partial charge >= 0.3 is 12.1 Å². The summed E-state index contributed by atoms with van der Waals surface area (Å²) in [6, 6.07) is 3.01. The Morgan fingerprint density at radius 3 is 2.46 bits per heavy atom. The SMILES string of the molecule is C=C[C@@H]1CC1(NC(=O)[C@@H]1CC(Oc2cc(-c3csc(NC(C)C)n3)nc3c(Cl)c(OCC=O)ccc23)CN1C(=O)[C@@H](NC(=O)OC1CC2C[C@H]2C1)C(C)(C)C)C(=O)OC. The highest BCUT2D eigenvalue weighted by Gasteiger charge is 2.62. The Hall–Kier alpha value is -4.96. The normalized spacial score (nSPS) is 26.1. The highest BCUT2D eigenvalue weighted by molar-refractivity contribution is 7.14. The molecule has 3 heterocycles. The Balaban J connectivity index is 1.22. The fraction of sp³-hybridized carbons (Fsp3) is 0.548. The van der Waals surface area contributed by atoms with Crippen molar-refractivity contribution in [3.8, 4) is 22.9 Å². The van der Waals surface area contributed by atoms with Crippen molar-refractivity contribution in [2.75, 3.05) is 25.6 Å². The molecule has 3 N–H and O–H groups in total. The monoisotopic (exact) mass is 850 g/mol. The molecule has 316 valence electrons. The van der Waals surface area contributed by atoms with Crippen LogP contribution in [0.15, 0.2) is 36.2 Å². The average molecular weight is 851 g/mol. The van der Waals surface area contributed by atoms with Crippen molar-refractivity contribution in [2.24, 2.45) is 23.2 Å². The number of esters is 1. The van der Waals surface area contributed by atoms with Crippen molar-refractivity contribution in [1.82, 2.24) is 25.5 Å². The third-order valence-corrected chi connectivity index (χ3v) is 12.7. The smallest absolute Gasteiger partial charge is 0.408 e. The molecule has 4 fully saturated rings. The number of nitrogens with one attached hydrogen (secondary N) is 3. The zero-order valence-electron chi connectivity index (χ0n) is 34.0. The molecule has 3 saturated carbocycles. The van der Waals surface area contributed by atoms with Gasteiger partial charge in [-0.15, -0.1) is 17.9 Å². The Kier molecular flexibility index (Phi) is 11.9. The molecule has 15 nitrogen and oxygen atoms in total. The maximum atomic E-state index is 14.8. The summed E-state index contributed by atoms with van der Waals surface area (Å²) in [5, 5.41) is 12.2. The van der Waals surface area contributed by atoms with Gasteiger partial charge in [-0.25, -0.2) is 19.6 Å². The van der Waals surface area contributed by atoms with Gasteiger partial charge in [-0.2, -0.15) is 0 Å². The molecule has 0 spiro atoms. The predicted octanol–water partition coefficient (Wildman–Crippen LogP) is 5.93. The number of aldehydes is 1. The van der Waals surface area contributed by atoms with Crippen LogP contribution in [0.4, 0.5) is 9.93 Å². The van der Waals surface area contributed by atoms with E-state index >= 15 is 0 Å². The summed E-state index contributed by atoms with van der Waals surface area (Å²) in [5.41, 5.74) is -0.792. The van der Waals surface area contributed by atoms with Gasteiger partial charge in [0, 0.05) is 35.2 Å². The van der Waals surface area contributed by atoms with E-state index in [1.807, 2.05) is 40.0 Å². The summed E-state index contributed by atoms with van der Waals surface area (Å²) in [6.45, 7) is 13.0. The van der Waals surface area contributed by atoms with Gasteiger partial charge in [0.2, 0.25) is 11.8 Å². The van der Waals surface area contributed by atoms with Gasteiger partial charge < -0.3 is 39.8 Å². The van der Waals surface area contributed by atoms with Crippen molar-refractivity contribution in [2.45, 2.75) is 103 Å². The van der Waals surface area contributed by atoms with Crippen LogP contribution in [0.25, 0.3) is 22.3 Å². The number of alkyl carbamates (subject to hydrolysis) is 1. The molecule has 1 saturated heterocycles. The number of benzene rings is 1. The number of methoxy groups -OCH3 is 1. The van der Waals surface area contributed by atoms with Gasteiger partial charge in [0.05, 0.1) is 24.9 Å². The molecule has 3 aliphatic carbocycles. The molecular weight excluding hydrogens is 800 g/mol. The molecule has 7 rings (SSSR count). The predicted molar refractivity (Wildman–Crippen MR) is 221 cm³/mol. The number of ether oxygens (including phenoxy) is 4. The van der Waals surface area contributed by atoms with Gasteiger partial charge in [-0.3, -0.25) is 14.4 Å². The lowest BCUT2D eigenvalue weighted by atomic mass is 9.85. The summed E-state index contributed by atoms with van der Waals surface area (Å²) in [6.07, 6.45) is 3.69. The molecule has 2 aromatic heterocycles. The number of thiazole rings is 1. The molecular formula is C42H51ClN6O9S. The van der Waals surface area contributed by atoms with E-state index in [0.29, 0.717) is 57.7 Å². The number of amides is 3. The summed E-state index contributed by atoms with van der Waals surface area (Å²) < 4.78 is 23.2. The highest BCUT2D eigenvalue weighted by atomic mass is 35.5. The van der Waals surface area contributed by atoms with Gasteiger partial charge in [0.15, 0.2) is 11.4 Å². The van der Waals surface area contributed by atoms with Crippen LogP contribution in [0.1, 0.15) is 66.7 Å². The molecule has 1 aromatic carbocycles. The number of nitrogens with zero attached hydrogens (tertiary/aromatic N) is 3. The van der Waals surface area contributed by atoms with Crippen LogP contribution in [-0.4, -0.2) is 101 Å². The van der Waals surface area contributed by atoms with Crippen molar-refractivity contribution in [1.29, 1.82) is 0 Å². The van der Waals surface area contributed by atoms with Gasteiger partial charge in [-0.1, -0.05) is 38.4 Å². The Morgan fingerprint density at radius 1 is 1.07 bits per heavy atom. The fourth-order valence-corrected chi connectivity index (χ4v) is 9.41. The van der Waals surface area contributed by atoms with Crippen molar-refractivity contribution in [3.05, 3.63) is 41.3 Å². The number of carbonyl (C=O) groups excluding carboxylic acids is 5. The third kappa shape index (κ3) is 8.84.